The zero-order valence-electron chi connectivity index (χ0n) is 10.5. The average molecular weight is 272 g/mol. The molecule has 0 radical (unpaired) electrons. The molecule has 0 saturated carbocycles. The minimum atomic E-state index is 0.594. The SMILES string of the molecule is O=Cc1cc(Cl)ccc1N1CCCc2ccccc21. The fourth-order valence-electron chi connectivity index (χ4n) is 2.65. The highest BCUT2D eigenvalue weighted by atomic mass is 35.5. The Labute approximate surface area is 117 Å². The summed E-state index contributed by atoms with van der Waals surface area (Å²) in [5.41, 5.74) is 4.11. The molecule has 19 heavy (non-hydrogen) atoms. The lowest BCUT2D eigenvalue weighted by atomic mass is 10.00. The van der Waals surface area contributed by atoms with Crippen LogP contribution in [0, 0.1) is 0 Å². The molecule has 0 unspecified atom stereocenters. The van der Waals surface area contributed by atoms with Gasteiger partial charge in [0, 0.05) is 22.8 Å². The molecule has 0 atom stereocenters. The molecule has 96 valence electrons. The van der Waals surface area contributed by atoms with E-state index in [0.29, 0.717) is 10.6 Å². The fraction of sp³-hybridized carbons (Fsp3) is 0.188. The number of benzene rings is 2. The van der Waals surface area contributed by atoms with Gasteiger partial charge in [-0.15, -0.1) is 0 Å². The van der Waals surface area contributed by atoms with Crippen LogP contribution in [-0.4, -0.2) is 12.8 Å². The minimum absolute atomic E-state index is 0.594. The Hall–Kier alpha value is -1.80. The summed E-state index contributed by atoms with van der Waals surface area (Å²) in [5.74, 6) is 0. The first-order chi connectivity index (χ1) is 9.29. The van der Waals surface area contributed by atoms with Crippen LogP contribution in [0.15, 0.2) is 42.5 Å². The van der Waals surface area contributed by atoms with Crippen LogP contribution >= 0.6 is 11.6 Å². The largest absolute Gasteiger partial charge is 0.341 e. The quantitative estimate of drug-likeness (QED) is 0.762. The standard InChI is InChI=1S/C16H14ClNO/c17-14-7-8-16(13(10-14)11-19)18-9-3-5-12-4-1-2-6-15(12)18/h1-2,4,6-8,10-11H,3,5,9H2. The van der Waals surface area contributed by atoms with Gasteiger partial charge in [-0.05, 0) is 42.7 Å². The predicted molar refractivity (Wildman–Crippen MR) is 78.6 cm³/mol. The number of halogens is 1. The highest BCUT2D eigenvalue weighted by molar-refractivity contribution is 6.31. The van der Waals surface area contributed by atoms with E-state index in [1.807, 2.05) is 18.2 Å². The molecule has 1 aliphatic rings. The summed E-state index contributed by atoms with van der Waals surface area (Å²) in [4.78, 5) is 13.5. The van der Waals surface area contributed by atoms with E-state index in [4.69, 9.17) is 11.6 Å². The van der Waals surface area contributed by atoms with Crippen molar-refractivity contribution < 1.29 is 4.79 Å². The molecule has 0 saturated heterocycles. The van der Waals surface area contributed by atoms with E-state index >= 15 is 0 Å². The number of carbonyl (C=O) groups excluding carboxylic acids is 1. The van der Waals surface area contributed by atoms with Gasteiger partial charge in [0.25, 0.3) is 0 Å². The van der Waals surface area contributed by atoms with E-state index in [0.717, 1.165) is 31.4 Å². The monoisotopic (exact) mass is 271 g/mol. The normalized spacial score (nSPS) is 14.1. The molecular formula is C16H14ClNO. The number of nitrogens with zero attached hydrogens (tertiary/aromatic N) is 1. The molecule has 0 amide bonds. The molecule has 0 bridgehead atoms. The van der Waals surface area contributed by atoms with Gasteiger partial charge in [0.2, 0.25) is 0 Å². The Morgan fingerprint density at radius 1 is 1.11 bits per heavy atom. The molecule has 2 aromatic carbocycles. The van der Waals surface area contributed by atoms with Crippen molar-refractivity contribution in [3.8, 4) is 0 Å². The lowest BCUT2D eigenvalue weighted by Gasteiger charge is -2.32. The molecule has 0 aromatic heterocycles. The van der Waals surface area contributed by atoms with Crippen molar-refractivity contribution in [1.82, 2.24) is 0 Å². The third kappa shape index (κ3) is 2.24. The lowest BCUT2D eigenvalue weighted by Crippen LogP contribution is -2.25. The first-order valence-corrected chi connectivity index (χ1v) is 6.77. The molecule has 0 fully saturated rings. The molecule has 3 rings (SSSR count). The van der Waals surface area contributed by atoms with Crippen molar-refractivity contribution in [2.24, 2.45) is 0 Å². The zero-order valence-corrected chi connectivity index (χ0v) is 11.2. The number of rotatable bonds is 2. The number of para-hydroxylation sites is 1. The summed E-state index contributed by atoms with van der Waals surface area (Å²) in [6.07, 6.45) is 3.06. The highest BCUT2D eigenvalue weighted by Gasteiger charge is 2.19. The smallest absolute Gasteiger partial charge is 0.152 e. The first-order valence-electron chi connectivity index (χ1n) is 6.40. The van der Waals surface area contributed by atoms with Gasteiger partial charge in [0.15, 0.2) is 6.29 Å². The van der Waals surface area contributed by atoms with E-state index in [9.17, 15) is 4.79 Å². The van der Waals surface area contributed by atoms with Gasteiger partial charge in [-0.2, -0.15) is 0 Å². The van der Waals surface area contributed by atoms with Crippen LogP contribution < -0.4 is 4.90 Å². The average Bonchev–Trinajstić information content (AvgIpc) is 2.46. The molecule has 0 aliphatic carbocycles. The Morgan fingerprint density at radius 2 is 1.95 bits per heavy atom. The maximum Gasteiger partial charge on any atom is 0.152 e. The lowest BCUT2D eigenvalue weighted by molar-refractivity contribution is 0.112. The third-order valence-electron chi connectivity index (χ3n) is 3.52. The number of anilines is 2. The van der Waals surface area contributed by atoms with Crippen LogP contribution in [0.1, 0.15) is 22.3 Å². The molecule has 0 N–H and O–H groups in total. The third-order valence-corrected chi connectivity index (χ3v) is 3.75. The predicted octanol–water partition coefficient (Wildman–Crippen LogP) is 4.24. The Morgan fingerprint density at radius 3 is 2.79 bits per heavy atom. The molecule has 1 heterocycles. The summed E-state index contributed by atoms with van der Waals surface area (Å²) < 4.78 is 0. The Kier molecular flexibility index (Phi) is 3.26. The van der Waals surface area contributed by atoms with Crippen molar-refractivity contribution >= 4 is 29.3 Å². The molecule has 1 aliphatic heterocycles. The van der Waals surface area contributed by atoms with Crippen molar-refractivity contribution in [3.63, 3.8) is 0 Å². The van der Waals surface area contributed by atoms with Gasteiger partial charge < -0.3 is 4.90 Å². The van der Waals surface area contributed by atoms with Crippen LogP contribution in [0.5, 0.6) is 0 Å². The summed E-state index contributed by atoms with van der Waals surface area (Å²) in [7, 11) is 0. The molecule has 3 heteroatoms. The van der Waals surface area contributed by atoms with Crippen LogP contribution in [0.3, 0.4) is 0 Å². The Bertz CT molecular complexity index is 624. The topological polar surface area (TPSA) is 20.3 Å². The first kappa shape index (κ1) is 12.2. The number of carbonyl (C=O) groups is 1. The van der Waals surface area contributed by atoms with Crippen molar-refractivity contribution in [3.05, 3.63) is 58.6 Å². The van der Waals surface area contributed by atoms with Gasteiger partial charge in [-0.1, -0.05) is 29.8 Å². The summed E-state index contributed by atoms with van der Waals surface area (Å²) in [6.45, 7) is 0.930. The van der Waals surface area contributed by atoms with E-state index in [1.165, 1.54) is 11.3 Å². The van der Waals surface area contributed by atoms with Crippen LogP contribution in [0.25, 0.3) is 0 Å². The second-order valence-corrected chi connectivity index (χ2v) is 5.14. The van der Waals surface area contributed by atoms with Gasteiger partial charge in [-0.3, -0.25) is 4.79 Å². The zero-order chi connectivity index (χ0) is 13.2. The number of fused-ring (bicyclic) bond motifs is 1. The van der Waals surface area contributed by atoms with Crippen LogP contribution in [0.4, 0.5) is 11.4 Å². The van der Waals surface area contributed by atoms with E-state index in [-0.39, 0.29) is 0 Å². The summed E-state index contributed by atoms with van der Waals surface area (Å²) in [6, 6.07) is 13.8. The van der Waals surface area contributed by atoms with E-state index in [1.54, 1.807) is 6.07 Å². The number of hydrogen-bond donors (Lipinski definition) is 0. The van der Waals surface area contributed by atoms with Crippen molar-refractivity contribution in [1.29, 1.82) is 0 Å². The van der Waals surface area contributed by atoms with Gasteiger partial charge in [0.05, 0.1) is 5.69 Å². The number of hydrogen-bond acceptors (Lipinski definition) is 2. The van der Waals surface area contributed by atoms with Crippen molar-refractivity contribution in [2.75, 3.05) is 11.4 Å². The molecule has 0 spiro atoms. The maximum absolute atomic E-state index is 11.2. The van der Waals surface area contributed by atoms with Crippen LogP contribution in [0.2, 0.25) is 5.02 Å². The second-order valence-electron chi connectivity index (χ2n) is 4.70. The van der Waals surface area contributed by atoms with Crippen LogP contribution in [-0.2, 0) is 6.42 Å². The van der Waals surface area contributed by atoms with E-state index < -0.39 is 0 Å². The molecular weight excluding hydrogens is 258 g/mol. The van der Waals surface area contributed by atoms with Gasteiger partial charge in [-0.25, -0.2) is 0 Å². The summed E-state index contributed by atoms with van der Waals surface area (Å²) in [5, 5.41) is 0.594. The van der Waals surface area contributed by atoms with Gasteiger partial charge in [0.1, 0.15) is 0 Å². The highest BCUT2D eigenvalue weighted by Crippen LogP contribution is 2.35. The number of aldehydes is 1. The van der Waals surface area contributed by atoms with Crippen molar-refractivity contribution in [2.45, 2.75) is 12.8 Å². The minimum Gasteiger partial charge on any atom is -0.341 e. The van der Waals surface area contributed by atoms with E-state index in [2.05, 4.69) is 23.1 Å². The summed E-state index contributed by atoms with van der Waals surface area (Å²) >= 11 is 5.96. The second kappa shape index (κ2) is 5.06. The molecule has 2 aromatic rings. The molecule has 2 nitrogen and oxygen atoms in total. The fourth-order valence-corrected chi connectivity index (χ4v) is 2.83. The van der Waals surface area contributed by atoms with Gasteiger partial charge >= 0.3 is 0 Å². The Balaban J connectivity index is 2.11. The number of aryl methyl sites for hydroxylation is 1. The maximum atomic E-state index is 11.2.